The molecule has 25 heavy (non-hydrogen) atoms. The van der Waals surface area contributed by atoms with Crippen molar-refractivity contribution in [2.45, 2.75) is 4.90 Å². The number of carbonyl (C=O) groups excluding carboxylic acids is 1. The summed E-state index contributed by atoms with van der Waals surface area (Å²) in [5.74, 6) is 1.00. The van der Waals surface area contributed by atoms with E-state index in [0.29, 0.717) is 12.3 Å². The second-order valence-electron chi connectivity index (χ2n) is 5.73. The molecule has 124 valence electrons. The first-order valence-corrected chi connectivity index (χ1v) is 9.17. The van der Waals surface area contributed by atoms with Gasteiger partial charge in [0.05, 0.1) is 0 Å². The van der Waals surface area contributed by atoms with Gasteiger partial charge in [-0.15, -0.1) is 11.8 Å². The van der Waals surface area contributed by atoms with Crippen molar-refractivity contribution in [2.24, 2.45) is 0 Å². The maximum Gasteiger partial charge on any atom is 0.287 e. The van der Waals surface area contributed by atoms with Crippen LogP contribution in [0, 0.1) is 0 Å². The zero-order chi connectivity index (χ0) is 17.1. The van der Waals surface area contributed by atoms with Gasteiger partial charge in [-0.1, -0.05) is 48.5 Å². The molecule has 0 spiro atoms. The third-order valence-electron chi connectivity index (χ3n) is 4.05. The first kappa shape index (κ1) is 15.8. The average molecular weight is 347 g/mol. The van der Waals surface area contributed by atoms with E-state index < -0.39 is 0 Å². The van der Waals surface area contributed by atoms with Crippen molar-refractivity contribution in [3.8, 4) is 0 Å². The van der Waals surface area contributed by atoms with Gasteiger partial charge in [0.25, 0.3) is 5.91 Å². The Morgan fingerprint density at radius 2 is 1.72 bits per heavy atom. The zero-order valence-electron chi connectivity index (χ0n) is 13.6. The highest BCUT2D eigenvalue weighted by molar-refractivity contribution is 7.99. The van der Waals surface area contributed by atoms with Crippen molar-refractivity contribution in [1.82, 2.24) is 5.32 Å². The van der Waals surface area contributed by atoms with Crippen LogP contribution in [-0.4, -0.2) is 18.2 Å². The summed E-state index contributed by atoms with van der Waals surface area (Å²) >= 11 is 1.72. The van der Waals surface area contributed by atoms with Crippen molar-refractivity contribution in [1.29, 1.82) is 0 Å². The molecular weight excluding hydrogens is 330 g/mol. The summed E-state index contributed by atoms with van der Waals surface area (Å²) in [6, 6.07) is 24.0. The summed E-state index contributed by atoms with van der Waals surface area (Å²) in [5.41, 5.74) is 0.738. The molecule has 1 aromatic heterocycles. The van der Waals surface area contributed by atoms with Gasteiger partial charge in [0, 0.05) is 22.6 Å². The third kappa shape index (κ3) is 3.39. The van der Waals surface area contributed by atoms with Gasteiger partial charge in [0.2, 0.25) is 0 Å². The van der Waals surface area contributed by atoms with E-state index in [1.807, 2.05) is 54.6 Å². The second kappa shape index (κ2) is 7.03. The summed E-state index contributed by atoms with van der Waals surface area (Å²) in [6.45, 7) is 0.593. The number of hydrogen-bond donors (Lipinski definition) is 1. The minimum atomic E-state index is -0.172. The Kier molecular flexibility index (Phi) is 4.44. The SMILES string of the molecule is O=C(NCCSc1ccccc1)c1cc2c(ccc3ccccc32)o1. The van der Waals surface area contributed by atoms with Crippen LogP contribution in [0.15, 0.2) is 82.1 Å². The lowest BCUT2D eigenvalue weighted by Gasteiger charge is -2.03. The molecule has 4 heteroatoms. The van der Waals surface area contributed by atoms with Gasteiger partial charge < -0.3 is 9.73 Å². The van der Waals surface area contributed by atoms with Crippen LogP contribution in [0.3, 0.4) is 0 Å². The molecule has 0 unspecified atom stereocenters. The minimum Gasteiger partial charge on any atom is -0.451 e. The molecule has 0 aliphatic carbocycles. The molecule has 0 saturated carbocycles. The van der Waals surface area contributed by atoms with E-state index in [-0.39, 0.29) is 5.91 Å². The second-order valence-corrected chi connectivity index (χ2v) is 6.89. The number of amides is 1. The summed E-state index contributed by atoms with van der Waals surface area (Å²) in [4.78, 5) is 13.5. The quantitative estimate of drug-likeness (QED) is 0.403. The highest BCUT2D eigenvalue weighted by Crippen LogP contribution is 2.28. The van der Waals surface area contributed by atoms with Crippen LogP contribution in [0.4, 0.5) is 0 Å². The van der Waals surface area contributed by atoms with Crippen molar-refractivity contribution >= 4 is 39.4 Å². The Bertz CT molecular complexity index is 1020. The van der Waals surface area contributed by atoms with Gasteiger partial charge in [-0.25, -0.2) is 0 Å². The van der Waals surface area contributed by atoms with Crippen molar-refractivity contribution in [3.05, 3.63) is 78.6 Å². The minimum absolute atomic E-state index is 0.172. The van der Waals surface area contributed by atoms with Crippen LogP contribution >= 0.6 is 11.8 Å². The standard InChI is InChI=1S/C21H17NO2S/c23-21(22-12-13-25-16-7-2-1-3-8-16)20-14-18-17-9-5-4-6-15(17)10-11-19(18)24-20/h1-11,14H,12-13H2,(H,22,23). The Morgan fingerprint density at radius 3 is 2.60 bits per heavy atom. The Balaban J connectivity index is 1.44. The molecule has 0 bridgehead atoms. The number of nitrogens with one attached hydrogen (secondary N) is 1. The van der Waals surface area contributed by atoms with Crippen LogP contribution in [0.1, 0.15) is 10.6 Å². The Morgan fingerprint density at radius 1 is 0.920 bits per heavy atom. The fraction of sp³-hybridized carbons (Fsp3) is 0.0952. The third-order valence-corrected chi connectivity index (χ3v) is 5.06. The van der Waals surface area contributed by atoms with Crippen molar-refractivity contribution in [3.63, 3.8) is 0 Å². The summed E-state index contributed by atoms with van der Waals surface area (Å²) in [7, 11) is 0. The van der Waals surface area contributed by atoms with E-state index in [1.165, 1.54) is 4.90 Å². The lowest BCUT2D eigenvalue weighted by atomic mass is 10.1. The average Bonchev–Trinajstić information content (AvgIpc) is 3.11. The van der Waals surface area contributed by atoms with Gasteiger partial charge in [-0.05, 0) is 35.0 Å². The van der Waals surface area contributed by atoms with E-state index in [1.54, 1.807) is 11.8 Å². The normalized spacial score (nSPS) is 11.0. The fourth-order valence-electron chi connectivity index (χ4n) is 2.84. The molecule has 1 N–H and O–H groups in total. The smallest absolute Gasteiger partial charge is 0.287 e. The van der Waals surface area contributed by atoms with E-state index in [0.717, 1.165) is 27.5 Å². The number of carbonyl (C=O) groups is 1. The van der Waals surface area contributed by atoms with Crippen LogP contribution in [-0.2, 0) is 0 Å². The number of benzene rings is 3. The van der Waals surface area contributed by atoms with Crippen molar-refractivity contribution in [2.75, 3.05) is 12.3 Å². The maximum absolute atomic E-state index is 12.3. The molecule has 0 radical (unpaired) electrons. The number of furan rings is 1. The van der Waals surface area contributed by atoms with Gasteiger partial charge in [0.1, 0.15) is 5.58 Å². The van der Waals surface area contributed by atoms with E-state index >= 15 is 0 Å². The van der Waals surface area contributed by atoms with E-state index in [4.69, 9.17) is 4.42 Å². The molecule has 3 nitrogen and oxygen atoms in total. The fourth-order valence-corrected chi connectivity index (χ4v) is 3.63. The molecule has 1 amide bonds. The highest BCUT2D eigenvalue weighted by atomic mass is 32.2. The first-order valence-electron chi connectivity index (χ1n) is 8.18. The largest absolute Gasteiger partial charge is 0.451 e. The van der Waals surface area contributed by atoms with Gasteiger partial charge in [-0.3, -0.25) is 4.79 Å². The lowest BCUT2D eigenvalue weighted by molar-refractivity contribution is 0.0930. The molecule has 4 aromatic rings. The van der Waals surface area contributed by atoms with Gasteiger partial charge in [0.15, 0.2) is 5.76 Å². The molecule has 3 aromatic carbocycles. The summed E-state index contributed by atoms with van der Waals surface area (Å²) < 4.78 is 5.73. The lowest BCUT2D eigenvalue weighted by Crippen LogP contribution is -2.25. The molecule has 0 aliphatic heterocycles. The van der Waals surface area contributed by atoms with Gasteiger partial charge >= 0.3 is 0 Å². The molecule has 4 rings (SSSR count). The number of rotatable bonds is 5. The molecule has 0 atom stereocenters. The molecule has 0 fully saturated rings. The maximum atomic E-state index is 12.3. The Hall–Kier alpha value is -2.72. The molecule has 0 aliphatic rings. The van der Waals surface area contributed by atoms with Crippen LogP contribution < -0.4 is 5.32 Å². The zero-order valence-corrected chi connectivity index (χ0v) is 14.4. The monoisotopic (exact) mass is 347 g/mol. The highest BCUT2D eigenvalue weighted by Gasteiger charge is 2.13. The van der Waals surface area contributed by atoms with Gasteiger partial charge in [-0.2, -0.15) is 0 Å². The number of thioether (sulfide) groups is 1. The number of fused-ring (bicyclic) bond motifs is 3. The topological polar surface area (TPSA) is 42.2 Å². The van der Waals surface area contributed by atoms with Crippen LogP contribution in [0.5, 0.6) is 0 Å². The molecule has 1 heterocycles. The molecule has 0 saturated heterocycles. The summed E-state index contributed by atoms with van der Waals surface area (Å²) in [6.07, 6.45) is 0. The van der Waals surface area contributed by atoms with Crippen LogP contribution in [0.25, 0.3) is 21.7 Å². The van der Waals surface area contributed by atoms with E-state index in [2.05, 4.69) is 23.5 Å². The first-order chi connectivity index (χ1) is 12.3. The predicted molar refractivity (Wildman–Crippen MR) is 103 cm³/mol. The summed E-state index contributed by atoms with van der Waals surface area (Å²) in [5, 5.41) is 6.14. The van der Waals surface area contributed by atoms with Crippen molar-refractivity contribution < 1.29 is 9.21 Å². The Labute approximate surface area is 150 Å². The predicted octanol–water partition coefficient (Wildman–Crippen LogP) is 5.11. The van der Waals surface area contributed by atoms with E-state index in [9.17, 15) is 4.79 Å². The number of hydrogen-bond acceptors (Lipinski definition) is 3. The molecular formula is C21H17NO2S. The van der Waals surface area contributed by atoms with Crippen LogP contribution in [0.2, 0.25) is 0 Å².